The van der Waals surface area contributed by atoms with Gasteiger partial charge in [-0.15, -0.1) is 0 Å². The van der Waals surface area contributed by atoms with Gasteiger partial charge in [-0.3, -0.25) is 14.9 Å². The van der Waals surface area contributed by atoms with Crippen LogP contribution in [-0.2, 0) is 9.53 Å². The first-order valence-electron chi connectivity index (χ1n) is 10.4. The quantitative estimate of drug-likeness (QED) is 0.249. The fourth-order valence-electron chi connectivity index (χ4n) is 3.36. The molecular formula is C23H29N3O6. The molecule has 2 atom stereocenters. The molecule has 2 aromatic carbocycles. The van der Waals surface area contributed by atoms with E-state index in [1.165, 1.54) is 11.0 Å². The minimum Gasteiger partial charge on any atom is -0.461 e. The number of nitro benzene ring substituents is 1. The van der Waals surface area contributed by atoms with Gasteiger partial charge in [0.15, 0.2) is 0 Å². The van der Waals surface area contributed by atoms with Crippen LogP contribution in [0, 0.1) is 16.0 Å². The van der Waals surface area contributed by atoms with Gasteiger partial charge in [0.1, 0.15) is 18.8 Å². The van der Waals surface area contributed by atoms with Gasteiger partial charge >= 0.3 is 5.97 Å². The number of anilines is 1. The number of rotatable bonds is 10. The lowest BCUT2D eigenvalue weighted by atomic mass is 10.0. The van der Waals surface area contributed by atoms with Gasteiger partial charge in [0.25, 0.3) is 11.6 Å². The SMILES string of the molecule is CCN(C(=O)c1cc(N)cc([N+](=O)[O-])c1)[C@@H](CC(C)C)C(=O)OCC(O)c1ccccc1. The molecule has 172 valence electrons. The predicted molar refractivity (Wildman–Crippen MR) is 120 cm³/mol. The van der Waals surface area contributed by atoms with Gasteiger partial charge in [0, 0.05) is 29.9 Å². The molecule has 0 aliphatic carbocycles. The van der Waals surface area contributed by atoms with E-state index in [2.05, 4.69) is 0 Å². The van der Waals surface area contributed by atoms with Crippen LogP contribution >= 0.6 is 0 Å². The Labute approximate surface area is 186 Å². The summed E-state index contributed by atoms with van der Waals surface area (Å²) < 4.78 is 5.36. The van der Waals surface area contributed by atoms with Crippen molar-refractivity contribution in [2.75, 3.05) is 18.9 Å². The zero-order chi connectivity index (χ0) is 23.8. The molecule has 1 unspecified atom stereocenters. The summed E-state index contributed by atoms with van der Waals surface area (Å²) in [5.74, 6) is -1.15. The first kappa shape index (κ1) is 24.8. The molecule has 0 heterocycles. The molecule has 0 saturated carbocycles. The zero-order valence-electron chi connectivity index (χ0n) is 18.4. The number of aliphatic hydroxyl groups excluding tert-OH is 1. The molecule has 0 bridgehead atoms. The van der Waals surface area contributed by atoms with Gasteiger partial charge in [-0.2, -0.15) is 0 Å². The normalized spacial score (nSPS) is 12.8. The van der Waals surface area contributed by atoms with Crippen LogP contribution in [0.4, 0.5) is 11.4 Å². The van der Waals surface area contributed by atoms with Gasteiger partial charge < -0.3 is 20.5 Å². The van der Waals surface area contributed by atoms with Crippen molar-refractivity contribution in [2.45, 2.75) is 39.3 Å². The van der Waals surface area contributed by atoms with E-state index in [-0.39, 0.29) is 36.0 Å². The second kappa shape index (κ2) is 11.2. The molecule has 0 aliphatic heterocycles. The van der Waals surface area contributed by atoms with E-state index in [9.17, 15) is 24.8 Å². The highest BCUT2D eigenvalue weighted by molar-refractivity contribution is 5.98. The number of hydrogen-bond acceptors (Lipinski definition) is 7. The summed E-state index contributed by atoms with van der Waals surface area (Å²) >= 11 is 0. The molecule has 0 fully saturated rings. The lowest BCUT2D eigenvalue weighted by molar-refractivity contribution is -0.384. The molecule has 0 saturated heterocycles. The van der Waals surface area contributed by atoms with E-state index in [4.69, 9.17) is 10.5 Å². The van der Waals surface area contributed by atoms with Crippen molar-refractivity contribution in [3.05, 3.63) is 69.8 Å². The average molecular weight is 444 g/mol. The summed E-state index contributed by atoms with van der Waals surface area (Å²) in [6, 6.07) is 11.5. The summed E-state index contributed by atoms with van der Waals surface area (Å²) in [4.78, 5) is 37.9. The number of carbonyl (C=O) groups is 2. The number of nitrogens with two attached hydrogens (primary N) is 1. The maximum absolute atomic E-state index is 13.2. The third kappa shape index (κ3) is 6.52. The Morgan fingerprint density at radius 3 is 2.41 bits per heavy atom. The van der Waals surface area contributed by atoms with Crippen LogP contribution in [0.25, 0.3) is 0 Å². The van der Waals surface area contributed by atoms with Gasteiger partial charge in [-0.1, -0.05) is 44.2 Å². The van der Waals surface area contributed by atoms with Crippen LogP contribution in [0.3, 0.4) is 0 Å². The molecule has 0 radical (unpaired) electrons. The van der Waals surface area contributed by atoms with E-state index < -0.39 is 28.9 Å². The van der Waals surface area contributed by atoms with Crippen LogP contribution in [0.15, 0.2) is 48.5 Å². The highest BCUT2D eigenvalue weighted by Crippen LogP contribution is 2.23. The number of nitrogen functional groups attached to an aromatic ring is 1. The molecule has 32 heavy (non-hydrogen) atoms. The number of ether oxygens (including phenoxy) is 1. The maximum Gasteiger partial charge on any atom is 0.328 e. The van der Waals surface area contributed by atoms with E-state index in [0.29, 0.717) is 12.0 Å². The fraction of sp³-hybridized carbons (Fsp3) is 0.391. The fourth-order valence-corrected chi connectivity index (χ4v) is 3.36. The summed E-state index contributed by atoms with van der Waals surface area (Å²) in [5, 5.41) is 21.4. The standard InChI is InChI=1S/C23H29N3O6/c1-4-25(22(28)17-11-18(24)13-19(12-17)26(30)31)20(10-15(2)3)23(29)32-14-21(27)16-8-6-5-7-9-16/h5-9,11-13,15,20-21,27H,4,10,14,24H2,1-3H3/t20-,21?/m0/s1. The number of amides is 1. The minimum atomic E-state index is -0.998. The van der Waals surface area contributed by atoms with Crippen LogP contribution in [0.5, 0.6) is 0 Å². The number of aliphatic hydroxyl groups is 1. The number of carbonyl (C=O) groups excluding carboxylic acids is 2. The second-order valence-electron chi connectivity index (χ2n) is 7.86. The highest BCUT2D eigenvalue weighted by atomic mass is 16.6. The lowest BCUT2D eigenvalue weighted by Gasteiger charge is -2.31. The Morgan fingerprint density at radius 2 is 1.84 bits per heavy atom. The van der Waals surface area contributed by atoms with Crippen molar-refractivity contribution in [1.29, 1.82) is 0 Å². The van der Waals surface area contributed by atoms with Gasteiger partial charge in [0.2, 0.25) is 0 Å². The maximum atomic E-state index is 13.2. The Hall–Kier alpha value is -3.46. The van der Waals surface area contributed by atoms with Gasteiger partial charge in [-0.25, -0.2) is 4.79 Å². The number of likely N-dealkylation sites (N-methyl/N-ethyl adjacent to an activating group) is 1. The third-order valence-electron chi connectivity index (χ3n) is 4.91. The van der Waals surface area contributed by atoms with Crippen molar-refractivity contribution < 1.29 is 24.4 Å². The molecule has 1 amide bonds. The molecule has 9 heteroatoms. The molecule has 9 nitrogen and oxygen atoms in total. The summed E-state index contributed by atoms with van der Waals surface area (Å²) in [5.41, 5.74) is 6.13. The van der Waals surface area contributed by atoms with E-state index in [1.54, 1.807) is 31.2 Å². The van der Waals surface area contributed by atoms with Crippen LogP contribution in [-0.4, -0.2) is 46.0 Å². The topological polar surface area (TPSA) is 136 Å². The highest BCUT2D eigenvalue weighted by Gasteiger charge is 2.32. The monoisotopic (exact) mass is 443 g/mol. The smallest absolute Gasteiger partial charge is 0.328 e. The Balaban J connectivity index is 2.24. The van der Waals surface area contributed by atoms with Gasteiger partial charge in [0.05, 0.1) is 4.92 Å². The summed E-state index contributed by atoms with van der Waals surface area (Å²) in [6.07, 6.45) is -0.674. The Morgan fingerprint density at radius 1 is 1.19 bits per heavy atom. The summed E-state index contributed by atoms with van der Waals surface area (Å²) in [7, 11) is 0. The Bertz CT molecular complexity index is 948. The lowest BCUT2D eigenvalue weighted by Crippen LogP contribution is -2.46. The molecule has 0 aromatic heterocycles. The number of nitro groups is 1. The van der Waals surface area contributed by atoms with Crippen molar-refractivity contribution in [3.8, 4) is 0 Å². The number of hydrogen-bond donors (Lipinski definition) is 2. The van der Waals surface area contributed by atoms with Crippen molar-refractivity contribution >= 4 is 23.3 Å². The number of non-ortho nitro benzene ring substituents is 1. The first-order chi connectivity index (χ1) is 15.1. The van der Waals surface area contributed by atoms with Crippen molar-refractivity contribution in [2.24, 2.45) is 5.92 Å². The van der Waals surface area contributed by atoms with E-state index in [0.717, 1.165) is 12.1 Å². The van der Waals surface area contributed by atoms with Crippen LogP contribution < -0.4 is 5.73 Å². The largest absolute Gasteiger partial charge is 0.461 e. The van der Waals surface area contributed by atoms with E-state index in [1.807, 2.05) is 19.9 Å². The molecule has 3 N–H and O–H groups in total. The number of benzene rings is 2. The second-order valence-corrected chi connectivity index (χ2v) is 7.86. The number of nitrogens with zero attached hydrogens (tertiary/aromatic N) is 2. The zero-order valence-corrected chi connectivity index (χ0v) is 18.4. The van der Waals surface area contributed by atoms with Crippen molar-refractivity contribution in [3.63, 3.8) is 0 Å². The third-order valence-corrected chi connectivity index (χ3v) is 4.91. The molecular weight excluding hydrogens is 414 g/mol. The van der Waals surface area contributed by atoms with Gasteiger partial charge in [-0.05, 0) is 30.9 Å². The number of esters is 1. The minimum absolute atomic E-state index is 0.0180. The van der Waals surface area contributed by atoms with Crippen LogP contribution in [0.2, 0.25) is 0 Å². The van der Waals surface area contributed by atoms with E-state index >= 15 is 0 Å². The molecule has 0 aliphatic rings. The molecule has 2 rings (SSSR count). The summed E-state index contributed by atoms with van der Waals surface area (Å²) in [6.45, 7) is 5.44. The predicted octanol–water partition coefficient (Wildman–Crippen LogP) is 3.33. The van der Waals surface area contributed by atoms with Crippen molar-refractivity contribution in [1.82, 2.24) is 4.90 Å². The first-order valence-corrected chi connectivity index (χ1v) is 10.4. The Kier molecular flexibility index (Phi) is 8.71. The van der Waals surface area contributed by atoms with Crippen LogP contribution in [0.1, 0.15) is 49.2 Å². The molecule has 2 aromatic rings. The molecule has 0 spiro atoms. The average Bonchev–Trinajstić information content (AvgIpc) is 2.76.